The van der Waals surface area contributed by atoms with Gasteiger partial charge in [0, 0.05) is 18.8 Å². The second kappa shape index (κ2) is 7.11. The fraction of sp³-hybridized carbons (Fsp3) is 0.353. The molecule has 24 heavy (non-hydrogen) atoms. The molecule has 2 aromatic rings. The Kier molecular flexibility index (Phi) is 4.92. The van der Waals surface area contributed by atoms with Crippen LogP contribution in [0.1, 0.15) is 36.0 Å². The van der Waals surface area contributed by atoms with Gasteiger partial charge in [-0.1, -0.05) is 30.3 Å². The first kappa shape index (κ1) is 16.6. The number of carbonyl (C=O) groups excluding carboxylic acids is 2. The zero-order valence-electron chi connectivity index (χ0n) is 13.6. The van der Waals surface area contributed by atoms with E-state index in [1.165, 1.54) is 18.3 Å². The van der Waals surface area contributed by atoms with Gasteiger partial charge in [0.2, 0.25) is 5.91 Å². The summed E-state index contributed by atoms with van der Waals surface area (Å²) in [6.45, 7) is 4.38. The lowest BCUT2D eigenvalue weighted by Gasteiger charge is -2.36. The number of benzene rings is 1. The fourth-order valence-corrected chi connectivity index (χ4v) is 3.44. The SMILES string of the molecule is CC(=O)Nc1nc(C(=O)N2CC(C)OC(c3ccccc3)C2)cs1. The minimum absolute atomic E-state index is 0.0543. The van der Waals surface area contributed by atoms with Gasteiger partial charge in [0.25, 0.3) is 5.91 Å². The van der Waals surface area contributed by atoms with Gasteiger partial charge in [-0.2, -0.15) is 0 Å². The van der Waals surface area contributed by atoms with Crippen molar-refractivity contribution in [3.63, 3.8) is 0 Å². The Labute approximate surface area is 144 Å². The highest BCUT2D eigenvalue weighted by atomic mass is 32.1. The molecule has 3 rings (SSSR count). The molecular formula is C17H19N3O3S. The summed E-state index contributed by atoms with van der Waals surface area (Å²) >= 11 is 1.25. The molecule has 1 N–H and O–H groups in total. The summed E-state index contributed by atoms with van der Waals surface area (Å²) in [5, 5.41) is 4.71. The number of morpholine rings is 1. The van der Waals surface area contributed by atoms with Gasteiger partial charge in [0.15, 0.2) is 5.13 Å². The summed E-state index contributed by atoms with van der Waals surface area (Å²) in [6.07, 6.45) is -0.200. The standard InChI is InChI=1S/C17H19N3O3S/c1-11-8-20(9-15(23-11)13-6-4-3-5-7-13)16(22)14-10-24-17(19-14)18-12(2)21/h3-7,10-11,15H,8-9H2,1-2H3,(H,18,19,21). The number of anilines is 1. The third-order valence-electron chi connectivity index (χ3n) is 3.73. The molecule has 1 saturated heterocycles. The maximum Gasteiger partial charge on any atom is 0.273 e. The number of rotatable bonds is 3. The maximum atomic E-state index is 12.7. The van der Waals surface area contributed by atoms with Crippen molar-refractivity contribution < 1.29 is 14.3 Å². The third-order valence-corrected chi connectivity index (χ3v) is 4.48. The summed E-state index contributed by atoms with van der Waals surface area (Å²) in [5.41, 5.74) is 1.41. The molecule has 0 saturated carbocycles. The molecule has 1 aliphatic heterocycles. The van der Waals surface area contributed by atoms with E-state index in [0.717, 1.165) is 5.56 Å². The Morgan fingerprint density at radius 3 is 2.75 bits per heavy atom. The first-order valence-corrected chi connectivity index (χ1v) is 8.63. The Bertz CT molecular complexity index is 732. The lowest BCUT2D eigenvalue weighted by molar-refractivity contribution is -0.114. The van der Waals surface area contributed by atoms with Crippen LogP contribution in [0.4, 0.5) is 5.13 Å². The van der Waals surface area contributed by atoms with Gasteiger partial charge in [-0.15, -0.1) is 11.3 Å². The molecule has 2 unspecified atom stereocenters. The first-order chi connectivity index (χ1) is 11.5. The molecule has 0 aliphatic carbocycles. The van der Waals surface area contributed by atoms with Gasteiger partial charge in [-0.05, 0) is 12.5 Å². The van der Waals surface area contributed by atoms with Crippen molar-refractivity contribution in [3.05, 3.63) is 47.0 Å². The predicted octanol–water partition coefficient (Wildman–Crippen LogP) is 2.70. The predicted molar refractivity (Wildman–Crippen MR) is 92.1 cm³/mol. The Morgan fingerprint density at radius 1 is 1.29 bits per heavy atom. The van der Waals surface area contributed by atoms with Crippen LogP contribution in [-0.2, 0) is 9.53 Å². The van der Waals surface area contributed by atoms with Gasteiger partial charge >= 0.3 is 0 Å². The van der Waals surface area contributed by atoms with Gasteiger partial charge in [0.1, 0.15) is 11.8 Å². The van der Waals surface area contributed by atoms with Crippen molar-refractivity contribution in [2.75, 3.05) is 18.4 Å². The molecule has 7 heteroatoms. The average Bonchev–Trinajstić information content (AvgIpc) is 3.02. The second-order valence-electron chi connectivity index (χ2n) is 5.78. The number of aromatic nitrogens is 1. The van der Waals surface area contributed by atoms with E-state index < -0.39 is 0 Å². The number of thiazole rings is 1. The van der Waals surface area contributed by atoms with E-state index >= 15 is 0 Å². The molecule has 0 spiro atoms. The van der Waals surface area contributed by atoms with E-state index in [0.29, 0.717) is 23.9 Å². The first-order valence-electron chi connectivity index (χ1n) is 7.75. The molecule has 126 valence electrons. The van der Waals surface area contributed by atoms with Crippen LogP contribution in [0.15, 0.2) is 35.7 Å². The number of nitrogens with zero attached hydrogens (tertiary/aromatic N) is 2. The van der Waals surface area contributed by atoms with E-state index in [4.69, 9.17) is 4.74 Å². The van der Waals surface area contributed by atoms with Crippen molar-refractivity contribution in [3.8, 4) is 0 Å². The number of carbonyl (C=O) groups is 2. The minimum Gasteiger partial charge on any atom is -0.367 e. The van der Waals surface area contributed by atoms with E-state index in [2.05, 4.69) is 10.3 Å². The van der Waals surface area contributed by atoms with Crippen LogP contribution in [0.25, 0.3) is 0 Å². The number of hydrogen-bond acceptors (Lipinski definition) is 5. The molecule has 0 bridgehead atoms. The molecule has 1 aliphatic rings. The average molecular weight is 345 g/mol. The van der Waals surface area contributed by atoms with E-state index in [1.54, 1.807) is 10.3 Å². The van der Waals surface area contributed by atoms with Crippen molar-refractivity contribution >= 4 is 28.3 Å². The van der Waals surface area contributed by atoms with Gasteiger partial charge in [-0.25, -0.2) is 4.98 Å². The van der Waals surface area contributed by atoms with Crippen LogP contribution in [-0.4, -0.2) is 40.9 Å². The Morgan fingerprint density at radius 2 is 2.04 bits per heavy atom. The van der Waals surface area contributed by atoms with Crippen molar-refractivity contribution in [1.29, 1.82) is 0 Å². The van der Waals surface area contributed by atoms with Crippen LogP contribution in [0.5, 0.6) is 0 Å². The molecule has 1 aromatic heterocycles. The largest absolute Gasteiger partial charge is 0.367 e. The van der Waals surface area contributed by atoms with E-state index in [-0.39, 0.29) is 24.0 Å². The smallest absolute Gasteiger partial charge is 0.273 e. The van der Waals surface area contributed by atoms with Crippen LogP contribution in [0.2, 0.25) is 0 Å². The highest BCUT2D eigenvalue weighted by molar-refractivity contribution is 7.14. The van der Waals surface area contributed by atoms with Crippen LogP contribution in [0, 0.1) is 0 Å². The molecule has 0 radical (unpaired) electrons. The molecule has 1 aromatic carbocycles. The molecular weight excluding hydrogens is 326 g/mol. The van der Waals surface area contributed by atoms with E-state index in [1.807, 2.05) is 37.3 Å². The van der Waals surface area contributed by atoms with Crippen LogP contribution >= 0.6 is 11.3 Å². The molecule has 6 nitrogen and oxygen atoms in total. The number of amides is 2. The van der Waals surface area contributed by atoms with Crippen molar-refractivity contribution in [2.24, 2.45) is 0 Å². The molecule has 2 heterocycles. The number of ether oxygens (including phenoxy) is 1. The van der Waals surface area contributed by atoms with Gasteiger partial charge in [0.05, 0.1) is 12.6 Å². The van der Waals surface area contributed by atoms with Crippen LogP contribution in [0.3, 0.4) is 0 Å². The lowest BCUT2D eigenvalue weighted by atomic mass is 10.1. The topological polar surface area (TPSA) is 71.5 Å². The van der Waals surface area contributed by atoms with Gasteiger partial charge in [-0.3, -0.25) is 9.59 Å². The quantitative estimate of drug-likeness (QED) is 0.928. The van der Waals surface area contributed by atoms with Crippen molar-refractivity contribution in [2.45, 2.75) is 26.1 Å². The number of nitrogens with one attached hydrogen (secondary N) is 1. The molecule has 2 atom stereocenters. The summed E-state index contributed by atoms with van der Waals surface area (Å²) in [4.78, 5) is 29.8. The fourth-order valence-electron chi connectivity index (χ4n) is 2.71. The summed E-state index contributed by atoms with van der Waals surface area (Å²) in [5.74, 6) is -0.341. The van der Waals surface area contributed by atoms with E-state index in [9.17, 15) is 9.59 Å². The summed E-state index contributed by atoms with van der Waals surface area (Å²) in [7, 11) is 0. The summed E-state index contributed by atoms with van der Waals surface area (Å²) < 4.78 is 5.98. The monoisotopic (exact) mass is 345 g/mol. The van der Waals surface area contributed by atoms with Gasteiger partial charge < -0.3 is 15.0 Å². The lowest BCUT2D eigenvalue weighted by Crippen LogP contribution is -2.46. The number of hydrogen-bond donors (Lipinski definition) is 1. The molecule has 1 fully saturated rings. The zero-order valence-corrected chi connectivity index (χ0v) is 14.4. The molecule has 2 amide bonds. The zero-order chi connectivity index (χ0) is 17.1. The second-order valence-corrected chi connectivity index (χ2v) is 6.63. The highest BCUT2D eigenvalue weighted by Crippen LogP contribution is 2.26. The van der Waals surface area contributed by atoms with Crippen molar-refractivity contribution in [1.82, 2.24) is 9.88 Å². The Hall–Kier alpha value is -2.25. The highest BCUT2D eigenvalue weighted by Gasteiger charge is 2.30. The van der Waals surface area contributed by atoms with Crippen LogP contribution < -0.4 is 5.32 Å². The third kappa shape index (κ3) is 3.80. The maximum absolute atomic E-state index is 12.7. The Balaban J connectivity index is 1.74. The normalized spacial score (nSPS) is 20.7. The minimum atomic E-state index is -0.201. The summed E-state index contributed by atoms with van der Waals surface area (Å²) in [6, 6.07) is 9.89.